The number of halogens is 1. The van der Waals surface area contributed by atoms with Crippen molar-refractivity contribution in [2.45, 2.75) is 39.5 Å². The van der Waals surface area contributed by atoms with Crippen LogP contribution in [0.2, 0.25) is 0 Å². The van der Waals surface area contributed by atoms with Crippen LogP contribution in [0, 0.1) is 10.8 Å². The predicted molar refractivity (Wildman–Crippen MR) is 51.5 cm³/mol. The minimum absolute atomic E-state index is 0.197. The van der Waals surface area contributed by atoms with Crippen LogP contribution >= 0.6 is 11.6 Å². The molecule has 0 heterocycles. The predicted octanol–water partition coefficient (Wildman–Crippen LogP) is 3.01. The van der Waals surface area contributed by atoms with Crippen molar-refractivity contribution in [3.63, 3.8) is 0 Å². The summed E-state index contributed by atoms with van der Waals surface area (Å²) < 4.78 is 0. The maximum absolute atomic E-state index is 10.8. The van der Waals surface area contributed by atoms with Gasteiger partial charge in [-0.2, -0.15) is 0 Å². The van der Waals surface area contributed by atoms with Crippen LogP contribution in [0.1, 0.15) is 39.5 Å². The number of aldehydes is 1. The summed E-state index contributed by atoms with van der Waals surface area (Å²) in [5.74, 6) is 0.493. The second kappa shape index (κ2) is 3.37. The van der Waals surface area contributed by atoms with Crippen molar-refractivity contribution < 1.29 is 4.79 Å². The third-order valence-electron chi connectivity index (χ3n) is 3.12. The highest BCUT2D eigenvalue weighted by atomic mass is 35.5. The summed E-state index contributed by atoms with van der Waals surface area (Å²) in [6, 6.07) is 0. The fourth-order valence-electron chi connectivity index (χ4n) is 1.71. The molecule has 0 radical (unpaired) electrons. The van der Waals surface area contributed by atoms with Crippen molar-refractivity contribution in [3.8, 4) is 0 Å². The SMILES string of the molecule is CC1(C)CCC(C=O)(CCl)CC1. The van der Waals surface area contributed by atoms with E-state index in [0.29, 0.717) is 11.3 Å². The van der Waals surface area contributed by atoms with E-state index in [1.807, 2.05) is 0 Å². The molecule has 0 aliphatic heterocycles. The minimum atomic E-state index is -0.197. The summed E-state index contributed by atoms with van der Waals surface area (Å²) in [6.07, 6.45) is 5.24. The lowest BCUT2D eigenvalue weighted by molar-refractivity contribution is -0.117. The molecule has 0 saturated heterocycles. The number of carbonyl (C=O) groups excluding carboxylic acids is 1. The highest BCUT2D eigenvalue weighted by Gasteiger charge is 2.37. The number of rotatable bonds is 2. The van der Waals surface area contributed by atoms with E-state index in [1.54, 1.807) is 0 Å². The molecule has 1 nitrogen and oxygen atoms in total. The van der Waals surface area contributed by atoms with Gasteiger partial charge in [0.25, 0.3) is 0 Å². The quantitative estimate of drug-likeness (QED) is 0.481. The second-order valence-electron chi connectivity index (χ2n) is 4.78. The molecular formula is C10H17ClO. The number of carbonyl (C=O) groups is 1. The van der Waals surface area contributed by atoms with Crippen LogP contribution in [0.25, 0.3) is 0 Å². The van der Waals surface area contributed by atoms with Gasteiger partial charge in [0.2, 0.25) is 0 Å². The zero-order valence-electron chi connectivity index (χ0n) is 7.90. The molecule has 0 spiro atoms. The Morgan fingerprint density at radius 3 is 2.08 bits per heavy atom. The fraction of sp³-hybridized carbons (Fsp3) is 0.900. The monoisotopic (exact) mass is 188 g/mol. The fourth-order valence-corrected chi connectivity index (χ4v) is 2.04. The van der Waals surface area contributed by atoms with E-state index in [2.05, 4.69) is 13.8 Å². The lowest BCUT2D eigenvalue weighted by Crippen LogP contribution is -2.33. The largest absolute Gasteiger partial charge is 0.303 e. The number of alkyl halides is 1. The van der Waals surface area contributed by atoms with E-state index in [1.165, 1.54) is 0 Å². The van der Waals surface area contributed by atoms with Crippen molar-refractivity contribution in [1.82, 2.24) is 0 Å². The highest BCUT2D eigenvalue weighted by molar-refractivity contribution is 6.19. The topological polar surface area (TPSA) is 17.1 Å². The molecule has 0 aromatic heterocycles. The first-order chi connectivity index (χ1) is 5.54. The summed E-state index contributed by atoms with van der Waals surface area (Å²) in [5.41, 5.74) is 0.218. The van der Waals surface area contributed by atoms with Crippen molar-refractivity contribution in [2.75, 3.05) is 5.88 Å². The van der Waals surface area contributed by atoms with Crippen molar-refractivity contribution in [1.29, 1.82) is 0 Å². The van der Waals surface area contributed by atoms with E-state index in [-0.39, 0.29) is 5.41 Å². The van der Waals surface area contributed by atoms with Gasteiger partial charge < -0.3 is 4.79 Å². The maximum atomic E-state index is 10.8. The van der Waals surface area contributed by atoms with E-state index in [9.17, 15) is 4.79 Å². The van der Waals surface area contributed by atoms with Crippen molar-refractivity contribution in [2.24, 2.45) is 10.8 Å². The molecule has 1 saturated carbocycles. The summed E-state index contributed by atoms with van der Waals surface area (Å²) >= 11 is 5.80. The van der Waals surface area contributed by atoms with Gasteiger partial charge in [-0.1, -0.05) is 13.8 Å². The molecule has 1 rings (SSSR count). The molecule has 0 N–H and O–H groups in total. The molecule has 1 aliphatic carbocycles. The first-order valence-corrected chi connectivity index (χ1v) is 5.09. The molecule has 1 aliphatic rings. The van der Waals surface area contributed by atoms with Crippen LogP contribution in [0.5, 0.6) is 0 Å². The van der Waals surface area contributed by atoms with Gasteiger partial charge in [0.15, 0.2) is 0 Å². The van der Waals surface area contributed by atoms with Crippen LogP contribution in [-0.2, 0) is 4.79 Å². The van der Waals surface area contributed by atoms with Crippen molar-refractivity contribution >= 4 is 17.9 Å². The average molecular weight is 189 g/mol. The molecule has 0 aromatic carbocycles. The zero-order valence-corrected chi connectivity index (χ0v) is 8.66. The zero-order chi connectivity index (χ0) is 9.24. The normalized spacial score (nSPS) is 26.6. The Bertz CT molecular complexity index is 165. The first-order valence-electron chi connectivity index (χ1n) is 4.56. The molecule has 70 valence electrons. The third-order valence-corrected chi connectivity index (χ3v) is 3.65. The van der Waals surface area contributed by atoms with Crippen LogP contribution in [0.3, 0.4) is 0 Å². The summed E-state index contributed by atoms with van der Waals surface area (Å²) in [6.45, 7) is 4.52. The lowest BCUT2D eigenvalue weighted by Gasteiger charge is -2.39. The Morgan fingerprint density at radius 2 is 1.75 bits per heavy atom. The maximum Gasteiger partial charge on any atom is 0.127 e. The average Bonchev–Trinajstić information content (AvgIpc) is 2.06. The minimum Gasteiger partial charge on any atom is -0.303 e. The molecule has 0 amide bonds. The van der Waals surface area contributed by atoms with Crippen LogP contribution < -0.4 is 0 Å². The molecule has 2 heteroatoms. The summed E-state index contributed by atoms with van der Waals surface area (Å²) in [7, 11) is 0. The van der Waals surface area contributed by atoms with Gasteiger partial charge in [-0.15, -0.1) is 11.6 Å². The molecule has 0 bridgehead atoms. The van der Waals surface area contributed by atoms with E-state index in [4.69, 9.17) is 11.6 Å². The summed E-state index contributed by atoms with van der Waals surface area (Å²) in [4.78, 5) is 10.8. The Kier molecular flexibility index (Phi) is 2.82. The number of hydrogen-bond donors (Lipinski definition) is 0. The molecule has 0 atom stereocenters. The Balaban J connectivity index is 2.59. The Hall–Kier alpha value is -0.0400. The molecule has 0 unspecified atom stereocenters. The van der Waals surface area contributed by atoms with E-state index < -0.39 is 0 Å². The standard InChI is InChI=1S/C10H17ClO/c1-9(2)3-5-10(7-11,8-12)6-4-9/h8H,3-7H2,1-2H3. The van der Waals surface area contributed by atoms with Crippen LogP contribution in [0.15, 0.2) is 0 Å². The van der Waals surface area contributed by atoms with Crippen LogP contribution in [-0.4, -0.2) is 12.2 Å². The number of hydrogen-bond acceptors (Lipinski definition) is 1. The van der Waals surface area contributed by atoms with Gasteiger partial charge in [0.05, 0.1) is 0 Å². The van der Waals surface area contributed by atoms with Gasteiger partial charge in [-0.3, -0.25) is 0 Å². The first kappa shape index (κ1) is 10.0. The molecule has 1 fully saturated rings. The third kappa shape index (κ3) is 2.01. The highest BCUT2D eigenvalue weighted by Crippen LogP contribution is 2.44. The van der Waals surface area contributed by atoms with Gasteiger partial charge in [-0.25, -0.2) is 0 Å². The smallest absolute Gasteiger partial charge is 0.127 e. The van der Waals surface area contributed by atoms with E-state index >= 15 is 0 Å². The Labute approximate surface area is 79.5 Å². The van der Waals surface area contributed by atoms with Gasteiger partial charge in [0.1, 0.15) is 6.29 Å². The molecule has 0 aromatic rings. The molecular weight excluding hydrogens is 172 g/mol. The van der Waals surface area contributed by atoms with Gasteiger partial charge >= 0.3 is 0 Å². The van der Waals surface area contributed by atoms with E-state index in [0.717, 1.165) is 32.0 Å². The lowest BCUT2D eigenvalue weighted by atomic mass is 9.66. The van der Waals surface area contributed by atoms with Crippen LogP contribution in [0.4, 0.5) is 0 Å². The Morgan fingerprint density at radius 1 is 1.25 bits per heavy atom. The van der Waals surface area contributed by atoms with Gasteiger partial charge in [-0.05, 0) is 31.1 Å². The van der Waals surface area contributed by atoms with Gasteiger partial charge in [0, 0.05) is 11.3 Å². The summed E-state index contributed by atoms with van der Waals surface area (Å²) in [5, 5.41) is 0. The van der Waals surface area contributed by atoms with Crippen molar-refractivity contribution in [3.05, 3.63) is 0 Å². The molecule has 12 heavy (non-hydrogen) atoms. The second-order valence-corrected chi connectivity index (χ2v) is 5.05.